The smallest absolute Gasteiger partial charge is 0.317 e. The highest BCUT2D eigenvalue weighted by atomic mass is 32.2. The number of urea groups is 1. The minimum absolute atomic E-state index is 0.140. The van der Waals surface area contributed by atoms with Crippen molar-refractivity contribution < 1.29 is 22.7 Å². The van der Waals surface area contributed by atoms with E-state index < -0.39 is 10.0 Å². The first-order valence-corrected chi connectivity index (χ1v) is 12.0. The summed E-state index contributed by atoms with van der Waals surface area (Å²) in [6, 6.07) is 10.7. The molecule has 1 fully saturated rings. The van der Waals surface area contributed by atoms with Crippen molar-refractivity contribution in [2.75, 3.05) is 46.9 Å². The van der Waals surface area contributed by atoms with Gasteiger partial charge in [-0.3, -0.25) is 0 Å². The third kappa shape index (κ3) is 5.34. The Labute approximate surface area is 190 Å². The van der Waals surface area contributed by atoms with Crippen LogP contribution in [0.2, 0.25) is 0 Å². The van der Waals surface area contributed by atoms with E-state index >= 15 is 0 Å². The lowest BCUT2D eigenvalue weighted by Crippen LogP contribution is -2.53. The molecule has 0 spiro atoms. The first-order valence-electron chi connectivity index (χ1n) is 10.6. The summed E-state index contributed by atoms with van der Waals surface area (Å²) in [6.45, 7) is 5.81. The van der Waals surface area contributed by atoms with E-state index in [4.69, 9.17) is 9.47 Å². The monoisotopic (exact) mass is 461 g/mol. The molecule has 174 valence electrons. The molecule has 2 aromatic rings. The number of benzene rings is 2. The predicted octanol–water partition coefficient (Wildman–Crippen LogP) is 2.58. The molecule has 1 aliphatic rings. The number of aryl methyl sites for hydroxylation is 2. The van der Waals surface area contributed by atoms with Crippen LogP contribution >= 0.6 is 0 Å². The number of ether oxygens (including phenoxy) is 2. The quantitative estimate of drug-likeness (QED) is 0.685. The van der Waals surface area contributed by atoms with E-state index in [1.165, 1.54) is 47.3 Å². The number of hydrogen-bond donors (Lipinski definition) is 1. The maximum atomic E-state index is 13.0. The molecule has 9 heteroatoms. The summed E-state index contributed by atoms with van der Waals surface area (Å²) in [6.07, 6.45) is 0.755. The lowest BCUT2D eigenvalue weighted by molar-refractivity contribution is 0.172. The molecular formula is C23H31N3O5S. The first kappa shape index (κ1) is 23.9. The number of nitrogens with one attached hydrogen (secondary N) is 1. The van der Waals surface area contributed by atoms with Crippen LogP contribution in [0.5, 0.6) is 11.5 Å². The van der Waals surface area contributed by atoms with Gasteiger partial charge in [0.05, 0.1) is 19.1 Å². The van der Waals surface area contributed by atoms with E-state index in [0.29, 0.717) is 31.1 Å². The van der Waals surface area contributed by atoms with Crippen molar-refractivity contribution in [1.82, 2.24) is 14.5 Å². The van der Waals surface area contributed by atoms with Crippen molar-refractivity contribution in [1.29, 1.82) is 0 Å². The van der Waals surface area contributed by atoms with Crippen LogP contribution < -0.4 is 14.8 Å². The molecule has 32 heavy (non-hydrogen) atoms. The lowest BCUT2D eigenvalue weighted by atomic mass is 10.0. The molecule has 3 rings (SSSR count). The lowest BCUT2D eigenvalue weighted by Gasteiger charge is -2.34. The number of sulfonamides is 1. The molecule has 1 saturated heterocycles. The zero-order valence-electron chi connectivity index (χ0n) is 19.1. The van der Waals surface area contributed by atoms with Crippen LogP contribution in [0.3, 0.4) is 0 Å². The average molecular weight is 462 g/mol. The second-order valence-electron chi connectivity index (χ2n) is 7.82. The summed E-state index contributed by atoms with van der Waals surface area (Å²) in [5, 5.41) is 2.94. The molecule has 1 heterocycles. The van der Waals surface area contributed by atoms with Crippen molar-refractivity contribution in [3.8, 4) is 11.5 Å². The number of nitrogens with zero attached hydrogens (tertiary/aromatic N) is 2. The average Bonchev–Trinajstić information content (AvgIpc) is 2.79. The van der Waals surface area contributed by atoms with Crippen molar-refractivity contribution in [3.05, 3.63) is 53.1 Å². The van der Waals surface area contributed by atoms with Gasteiger partial charge in [-0.2, -0.15) is 4.31 Å². The Morgan fingerprint density at radius 3 is 2.28 bits per heavy atom. The first-order chi connectivity index (χ1) is 15.3. The Balaban J connectivity index is 1.54. The SMILES string of the molecule is COc1ccc(S(=O)(=O)N2CCN(C(=O)NCCc3ccc(C)cc3C)CC2)cc1OC. The number of piperazine rings is 1. The van der Waals surface area contributed by atoms with Gasteiger partial charge in [-0.05, 0) is 43.5 Å². The van der Waals surface area contributed by atoms with Crippen LogP contribution in [0.4, 0.5) is 4.79 Å². The summed E-state index contributed by atoms with van der Waals surface area (Å²) in [4.78, 5) is 14.3. The number of carbonyl (C=O) groups excluding carboxylic acids is 1. The van der Waals surface area contributed by atoms with E-state index in [1.807, 2.05) is 0 Å². The van der Waals surface area contributed by atoms with Crippen LogP contribution in [0, 0.1) is 13.8 Å². The Morgan fingerprint density at radius 2 is 1.66 bits per heavy atom. The fraction of sp³-hybridized carbons (Fsp3) is 0.435. The van der Waals surface area contributed by atoms with Gasteiger partial charge in [0.2, 0.25) is 10.0 Å². The summed E-state index contributed by atoms with van der Waals surface area (Å²) in [5.41, 5.74) is 3.64. The Kier molecular flexibility index (Phi) is 7.63. The van der Waals surface area contributed by atoms with Gasteiger partial charge in [0.1, 0.15) is 0 Å². The molecule has 1 aliphatic heterocycles. The van der Waals surface area contributed by atoms with Crippen LogP contribution in [-0.2, 0) is 16.4 Å². The molecule has 2 amide bonds. The Morgan fingerprint density at radius 1 is 0.969 bits per heavy atom. The fourth-order valence-corrected chi connectivity index (χ4v) is 5.24. The van der Waals surface area contributed by atoms with E-state index in [9.17, 15) is 13.2 Å². The molecule has 0 atom stereocenters. The molecule has 0 bridgehead atoms. The molecular weight excluding hydrogens is 430 g/mol. The second-order valence-corrected chi connectivity index (χ2v) is 9.76. The van der Waals surface area contributed by atoms with Gasteiger partial charge in [-0.1, -0.05) is 23.8 Å². The minimum atomic E-state index is -3.69. The van der Waals surface area contributed by atoms with Crippen LogP contribution in [0.15, 0.2) is 41.3 Å². The molecule has 0 saturated carbocycles. The topological polar surface area (TPSA) is 88.2 Å². The highest BCUT2D eigenvalue weighted by Crippen LogP contribution is 2.30. The Hall–Kier alpha value is -2.78. The molecule has 1 N–H and O–H groups in total. The minimum Gasteiger partial charge on any atom is -0.493 e. The highest BCUT2D eigenvalue weighted by Gasteiger charge is 2.30. The van der Waals surface area contributed by atoms with Crippen molar-refractivity contribution in [2.45, 2.75) is 25.2 Å². The number of rotatable bonds is 7. The predicted molar refractivity (Wildman–Crippen MR) is 123 cm³/mol. The Bertz CT molecular complexity index is 1060. The number of hydrogen-bond acceptors (Lipinski definition) is 5. The molecule has 2 aromatic carbocycles. The van der Waals surface area contributed by atoms with Gasteiger partial charge < -0.3 is 19.7 Å². The van der Waals surface area contributed by atoms with E-state index in [0.717, 1.165) is 6.42 Å². The third-order valence-corrected chi connectivity index (χ3v) is 7.58. The second kappa shape index (κ2) is 10.2. The number of amides is 2. The number of carbonyl (C=O) groups is 1. The van der Waals surface area contributed by atoms with Gasteiger partial charge in [0.15, 0.2) is 11.5 Å². The highest BCUT2D eigenvalue weighted by molar-refractivity contribution is 7.89. The van der Waals surface area contributed by atoms with E-state index in [-0.39, 0.29) is 24.0 Å². The summed E-state index contributed by atoms with van der Waals surface area (Å²) >= 11 is 0. The van der Waals surface area contributed by atoms with Crippen LogP contribution in [-0.4, -0.2) is 70.6 Å². The molecule has 0 aromatic heterocycles. The standard InChI is InChI=1S/C23H31N3O5S/c1-17-5-6-19(18(2)15-17)9-10-24-23(27)25-11-13-26(14-12-25)32(28,29)20-7-8-21(30-3)22(16-20)31-4/h5-8,15-16H,9-14H2,1-4H3,(H,24,27). The fourth-order valence-electron chi connectivity index (χ4n) is 3.80. The molecule has 0 unspecified atom stereocenters. The molecule has 8 nitrogen and oxygen atoms in total. The van der Waals surface area contributed by atoms with Crippen LogP contribution in [0.25, 0.3) is 0 Å². The normalized spacial score (nSPS) is 14.8. The van der Waals surface area contributed by atoms with Crippen molar-refractivity contribution in [3.63, 3.8) is 0 Å². The summed E-state index contributed by atoms with van der Waals surface area (Å²) in [5.74, 6) is 0.823. The van der Waals surface area contributed by atoms with Gasteiger partial charge in [-0.25, -0.2) is 13.2 Å². The van der Waals surface area contributed by atoms with Gasteiger partial charge >= 0.3 is 6.03 Å². The van der Waals surface area contributed by atoms with E-state index in [1.54, 1.807) is 11.0 Å². The van der Waals surface area contributed by atoms with Crippen molar-refractivity contribution >= 4 is 16.1 Å². The van der Waals surface area contributed by atoms with Crippen molar-refractivity contribution in [2.24, 2.45) is 0 Å². The largest absolute Gasteiger partial charge is 0.493 e. The zero-order chi connectivity index (χ0) is 23.3. The van der Waals surface area contributed by atoms with Gasteiger partial charge in [0, 0.05) is 38.8 Å². The molecule has 0 radical (unpaired) electrons. The maximum absolute atomic E-state index is 13.0. The van der Waals surface area contributed by atoms with Crippen LogP contribution in [0.1, 0.15) is 16.7 Å². The molecule has 0 aliphatic carbocycles. The van der Waals surface area contributed by atoms with Gasteiger partial charge in [0.25, 0.3) is 0 Å². The maximum Gasteiger partial charge on any atom is 0.317 e. The third-order valence-electron chi connectivity index (χ3n) is 5.69. The summed E-state index contributed by atoms with van der Waals surface area (Å²) < 4.78 is 37.8. The number of methoxy groups -OCH3 is 2. The van der Waals surface area contributed by atoms with Gasteiger partial charge in [-0.15, -0.1) is 0 Å². The van der Waals surface area contributed by atoms with E-state index in [2.05, 4.69) is 37.4 Å². The zero-order valence-corrected chi connectivity index (χ0v) is 19.9. The summed E-state index contributed by atoms with van der Waals surface area (Å²) in [7, 11) is -0.728.